The lowest BCUT2D eigenvalue weighted by molar-refractivity contribution is -0.648. The first kappa shape index (κ1) is 14.5. The number of hydrogen-bond acceptors (Lipinski definition) is 2. The van der Waals surface area contributed by atoms with Crippen molar-refractivity contribution in [3.8, 4) is 0 Å². The molecule has 1 aliphatic rings. The molecule has 0 spiro atoms. The summed E-state index contributed by atoms with van der Waals surface area (Å²) in [5, 5.41) is 11.8. The number of β-amino-alcohol motifs (C(OH)–C–C–N with tert-alkyl or cyclic N) is 1. The molecule has 3 heteroatoms. The highest BCUT2D eigenvalue weighted by atomic mass is 16.3. The summed E-state index contributed by atoms with van der Waals surface area (Å²) in [6, 6.07) is 11.0. The third kappa shape index (κ3) is 4.03. The van der Waals surface area contributed by atoms with Crippen LogP contribution in [0, 0.1) is 13.0 Å². The second-order valence-electron chi connectivity index (χ2n) is 5.71. The molecule has 1 heterocycles. The molecule has 19 heavy (non-hydrogen) atoms. The van der Waals surface area contributed by atoms with E-state index in [0.29, 0.717) is 12.0 Å². The van der Waals surface area contributed by atoms with Crippen LogP contribution in [0.1, 0.15) is 31.4 Å². The van der Waals surface area contributed by atoms with Crippen molar-refractivity contribution >= 4 is 0 Å². The third-order valence-corrected chi connectivity index (χ3v) is 4.08. The molecular weight excluding hydrogens is 236 g/mol. The first-order chi connectivity index (χ1) is 9.20. The van der Waals surface area contributed by atoms with Crippen molar-refractivity contribution in [3.63, 3.8) is 0 Å². The largest absolute Gasteiger partial charge is 0.472 e. The predicted molar refractivity (Wildman–Crippen MR) is 77.3 cm³/mol. The van der Waals surface area contributed by atoms with E-state index in [1.807, 2.05) is 0 Å². The van der Waals surface area contributed by atoms with Crippen LogP contribution in [0.25, 0.3) is 0 Å². The molecule has 0 amide bonds. The van der Waals surface area contributed by atoms with Crippen LogP contribution in [-0.2, 0) is 0 Å². The highest BCUT2D eigenvalue weighted by molar-refractivity contribution is 5.17. The zero-order valence-electron chi connectivity index (χ0n) is 11.8. The number of nitrogens with zero attached hydrogens (tertiary/aromatic N) is 1. The maximum absolute atomic E-state index is 9.74. The smallest absolute Gasteiger partial charge is 0.0914 e. The molecule has 1 aromatic rings. The van der Waals surface area contributed by atoms with Gasteiger partial charge in [-0.3, -0.25) is 0 Å². The SMILES string of the molecule is [CH2-][NH2+][C@@H](c1ccccc1)[C@@H](C)CN1CCC[C@H](O)C1. The number of benzene rings is 1. The Morgan fingerprint density at radius 1 is 1.42 bits per heavy atom. The monoisotopic (exact) mass is 262 g/mol. The minimum atomic E-state index is -0.139. The van der Waals surface area contributed by atoms with E-state index in [1.54, 1.807) is 0 Å². The van der Waals surface area contributed by atoms with E-state index < -0.39 is 0 Å². The summed E-state index contributed by atoms with van der Waals surface area (Å²) in [6.07, 6.45) is 1.92. The molecule has 0 unspecified atom stereocenters. The Hall–Kier alpha value is -0.900. The molecular formula is C16H26N2O. The molecule has 1 aliphatic heterocycles. The second kappa shape index (κ2) is 7.04. The predicted octanol–water partition coefficient (Wildman–Crippen LogP) is 1.18. The number of piperidine rings is 1. The van der Waals surface area contributed by atoms with Gasteiger partial charge in [0.15, 0.2) is 0 Å². The maximum atomic E-state index is 9.74. The van der Waals surface area contributed by atoms with Crippen LogP contribution in [0.15, 0.2) is 30.3 Å². The molecule has 1 fully saturated rings. The highest BCUT2D eigenvalue weighted by Crippen LogP contribution is 2.20. The van der Waals surface area contributed by atoms with E-state index in [9.17, 15) is 5.11 Å². The Kier molecular flexibility index (Phi) is 5.37. The van der Waals surface area contributed by atoms with Gasteiger partial charge in [0.05, 0.1) is 12.1 Å². The summed E-state index contributed by atoms with van der Waals surface area (Å²) in [5.74, 6) is 0.519. The molecule has 3 atom stereocenters. The zero-order valence-corrected chi connectivity index (χ0v) is 11.8. The average Bonchev–Trinajstić information content (AvgIpc) is 2.41. The Labute approximate surface area is 116 Å². The molecule has 0 bridgehead atoms. The van der Waals surface area contributed by atoms with Gasteiger partial charge < -0.3 is 15.3 Å². The minimum absolute atomic E-state index is 0.139. The lowest BCUT2D eigenvalue weighted by Gasteiger charge is -2.34. The fourth-order valence-corrected chi connectivity index (χ4v) is 3.09. The standard InChI is InChI=1S/C16H26N2O/c1-13(11-18-10-6-9-15(19)12-18)16(17-2)14-7-4-3-5-8-14/h3-5,7-8,13,15-16,19H,2,6,9-12,17H2,1H3/t13-,15-,16+/m0/s1. The Bertz CT molecular complexity index is 368. The van der Waals surface area contributed by atoms with Gasteiger partial charge in [-0.05, 0) is 19.4 Å². The van der Waals surface area contributed by atoms with Gasteiger partial charge in [-0.2, -0.15) is 7.05 Å². The average molecular weight is 262 g/mol. The number of nitrogens with two attached hydrogens (primary N) is 1. The van der Waals surface area contributed by atoms with Crippen molar-refractivity contribution in [3.05, 3.63) is 42.9 Å². The maximum Gasteiger partial charge on any atom is 0.0914 e. The number of hydrogen-bond donors (Lipinski definition) is 2. The summed E-state index contributed by atoms with van der Waals surface area (Å²) in [4.78, 5) is 2.39. The van der Waals surface area contributed by atoms with Crippen molar-refractivity contribution in [1.29, 1.82) is 0 Å². The van der Waals surface area contributed by atoms with E-state index in [2.05, 4.69) is 54.5 Å². The molecule has 2 rings (SSSR count). The molecule has 0 saturated carbocycles. The van der Waals surface area contributed by atoms with E-state index in [4.69, 9.17) is 0 Å². The van der Waals surface area contributed by atoms with E-state index >= 15 is 0 Å². The van der Waals surface area contributed by atoms with Crippen LogP contribution >= 0.6 is 0 Å². The topological polar surface area (TPSA) is 40.1 Å². The lowest BCUT2D eigenvalue weighted by atomic mass is 9.93. The summed E-state index contributed by atoms with van der Waals surface area (Å²) in [6.45, 7) is 5.24. The molecule has 1 saturated heterocycles. The van der Waals surface area contributed by atoms with Gasteiger partial charge in [-0.1, -0.05) is 37.3 Å². The summed E-state index contributed by atoms with van der Waals surface area (Å²) < 4.78 is 0. The van der Waals surface area contributed by atoms with Crippen LogP contribution in [0.4, 0.5) is 0 Å². The highest BCUT2D eigenvalue weighted by Gasteiger charge is 2.24. The first-order valence-corrected chi connectivity index (χ1v) is 7.28. The van der Waals surface area contributed by atoms with Crippen LogP contribution in [-0.4, -0.2) is 35.7 Å². The molecule has 0 radical (unpaired) electrons. The van der Waals surface area contributed by atoms with E-state index in [0.717, 1.165) is 32.5 Å². The van der Waals surface area contributed by atoms with E-state index in [-0.39, 0.29) is 6.10 Å². The zero-order chi connectivity index (χ0) is 13.7. The molecule has 0 aliphatic carbocycles. The Balaban J connectivity index is 1.95. The van der Waals surface area contributed by atoms with Crippen LogP contribution in [0.2, 0.25) is 0 Å². The van der Waals surface area contributed by atoms with Gasteiger partial charge in [0.25, 0.3) is 0 Å². The second-order valence-corrected chi connectivity index (χ2v) is 5.71. The first-order valence-electron chi connectivity index (χ1n) is 7.28. The van der Waals surface area contributed by atoms with Crippen LogP contribution in [0.5, 0.6) is 0 Å². The quantitative estimate of drug-likeness (QED) is 0.782. The fourth-order valence-electron chi connectivity index (χ4n) is 3.09. The minimum Gasteiger partial charge on any atom is -0.472 e. The number of quaternary nitrogens is 1. The Morgan fingerprint density at radius 3 is 2.79 bits per heavy atom. The third-order valence-electron chi connectivity index (χ3n) is 4.08. The molecule has 3 N–H and O–H groups in total. The Morgan fingerprint density at radius 2 is 2.16 bits per heavy atom. The summed E-state index contributed by atoms with van der Waals surface area (Å²) in [7, 11) is 4.00. The van der Waals surface area contributed by atoms with Crippen molar-refractivity contribution in [2.24, 2.45) is 5.92 Å². The van der Waals surface area contributed by atoms with Crippen LogP contribution < -0.4 is 5.32 Å². The lowest BCUT2D eigenvalue weighted by Crippen LogP contribution is -2.80. The molecule has 1 aromatic carbocycles. The van der Waals surface area contributed by atoms with Gasteiger partial charge >= 0.3 is 0 Å². The number of likely N-dealkylation sites (tertiary alicyclic amines) is 1. The summed E-state index contributed by atoms with van der Waals surface area (Å²) >= 11 is 0. The van der Waals surface area contributed by atoms with E-state index in [1.165, 1.54) is 5.56 Å². The van der Waals surface area contributed by atoms with Crippen molar-refractivity contribution in [1.82, 2.24) is 4.90 Å². The molecule has 0 aromatic heterocycles. The number of aliphatic hydroxyl groups excluding tert-OH is 1. The van der Waals surface area contributed by atoms with Crippen molar-refractivity contribution in [2.75, 3.05) is 19.6 Å². The van der Waals surface area contributed by atoms with Gasteiger partial charge in [0.1, 0.15) is 0 Å². The van der Waals surface area contributed by atoms with Gasteiger partial charge in [-0.25, -0.2) is 0 Å². The molecule has 106 valence electrons. The van der Waals surface area contributed by atoms with Crippen molar-refractivity contribution in [2.45, 2.75) is 31.9 Å². The summed E-state index contributed by atoms with van der Waals surface area (Å²) in [5.41, 5.74) is 1.34. The van der Waals surface area contributed by atoms with Gasteiger partial charge in [0, 0.05) is 24.6 Å². The van der Waals surface area contributed by atoms with Crippen molar-refractivity contribution < 1.29 is 10.4 Å². The van der Waals surface area contributed by atoms with Gasteiger partial charge in [0.2, 0.25) is 0 Å². The molecule has 3 nitrogen and oxygen atoms in total. The number of aliphatic hydroxyl groups is 1. The number of rotatable bonds is 5. The van der Waals surface area contributed by atoms with Gasteiger partial charge in [-0.15, -0.1) is 0 Å². The normalized spacial score (nSPS) is 24.1. The van der Waals surface area contributed by atoms with Crippen LogP contribution in [0.3, 0.4) is 0 Å². The fraction of sp³-hybridized carbons (Fsp3) is 0.562.